The summed E-state index contributed by atoms with van der Waals surface area (Å²) in [6, 6.07) is 11.2. The summed E-state index contributed by atoms with van der Waals surface area (Å²) >= 11 is 6.53. The fourth-order valence-electron chi connectivity index (χ4n) is 3.06. The molecule has 0 aliphatic carbocycles. The van der Waals surface area contributed by atoms with Crippen LogP contribution < -0.4 is 5.32 Å². The van der Waals surface area contributed by atoms with Gasteiger partial charge in [-0.05, 0) is 30.7 Å². The molecule has 0 saturated carbocycles. The van der Waals surface area contributed by atoms with Gasteiger partial charge in [0.05, 0.1) is 16.7 Å². The second kappa shape index (κ2) is 7.44. The fourth-order valence-corrected chi connectivity index (χ4v) is 3.34. The highest BCUT2D eigenvalue weighted by Crippen LogP contribution is 2.28. The van der Waals surface area contributed by atoms with Gasteiger partial charge in [-0.3, -0.25) is 14.6 Å². The smallest absolute Gasteiger partial charge is 0.251 e. The molecule has 1 amide bonds. The summed E-state index contributed by atoms with van der Waals surface area (Å²) < 4.78 is 1.75. The average Bonchev–Trinajstić information content (AvgIpc) is 3.32. The van der Waals surface area contributed by atoms with Crippen molar-refractivity contribution < 1.29 is 4.79 Å². The first kappa shape index (κ1) is 18.2. The van der Waals surface area contributed by atoms with Gasteiger partial charge in [-0.15, -0.1) is 0 Å². The molecule has 0 fully saturated rings. The highest BCUT2D eigenvalue weighted by molar-refractivity contribution is 6.36. The zero-order valence-corrected chi connectivity index (χ0v) is 16.3. The van der Waals surface area contributed by atoms with Gasteiger partial charge in [0.25, 0.3) is 5.91 Å². The maximum atomic E-state index is 11.9. The standard InChI is InChI=1S/C20H19ClN6O/c1-3-22-20(28)13-6-4-12(5-7-13)19-24-17(27(2)26-19)10-14-8-9-16-15(18(14)21)11-23-25-16/h4-9,11H,3,10H2,1-2H3,(H,22,28)(H,23,25). The molecular weight excluding hydrogens is 376 g/mol. The van der Waals surface area contributed by atoms with Gasteiger partial charge >= 0.3 is 0 Å². The summed E-state index contributed by atoms with van der Waals surface area (Å²) in [4.78, 5) is 16.6. The van der Waals surface area contributed by atoms with Gasteiger partial charge in [0, 0.05) is 36.5 Å². The Morgan fingerprint density at radius 2 is 2.00 bits per heavy atom. The SMILES string of the molecule is CCNC(=O)c1ccc(-c2nc(Cc3ccc4[nH]ncc4c3Cl)n(C)n2)cc1. The third-order valence-corrected chi connectivity index (χ3v) is 5.03. The van der Waals surface area contributed by atoms with Crippen molar-refractivity contribution in [3.05, 3.63) is 64.6 Å². The van der Waals surface area contributed by atoms with Crippen LogP contribution in [-0.4, -0.2) is 37.4 Å². The Kier molecular flexibility index (Phi) is 4.83. The Bertz CT molecular complexity index is 1150. The lowest BCUT2D eigenvalue weighted by molar-refractivity contribution is 0.0956. The fraction of sp³-hybridized carbons (Fsp3) is 0.200. The van der Waals surface area contributed by atoms with Crippen LogP contribution in [0.15, 0.2) is 42.6 Å². The Morgan fingerprint density at radius 1 is 1.21 bits per heavy atom. The predicted octanol–water partition coefficient (Wildman–Crippen LogP) is 3.35. The molecule has 2 aromatic carbocycles. The largest absolute Gasteiger partial charge is 0.352 e. The Hall–Kier alpha value is -3.19. The zero-order chi connectivity index (χ0) is 19.7. The Balaban J connectivity index is 1.59. The number of hydrogen-bond donors (Lipinski definition) is 2. The number of rotatable bonds is 5. The van der Waals surface area contributed by atoms with E-state index in [4.69, 9.17) is 11.6 Å². The number of halogens is 1. The topological polar surface area (TPSA) is 88.5 Å². The minimum absolute atomic E-state index is 0.0898. The van der Waals surface area contributed by atoms with Crippen molar-refractivity contribution in [1.82, 2.24) is 30.3 Å². The molecule has 2 N–H and O–H groups in total. The van der Waals surface area contributed by atoms with Crippen molar-refractivity contribution in [1.29, 1.82) is 0 Å². The van der Waals surface area contributed by atoms with Crippen LogP contribution in [0, 0.1) is 0 Å². The van der Waals surface area contributed by atoms with Crippen LogP contribution in [-0.2, 0) is 13.5 Å². The van der Waals surface area contributed by atoms with Crippen LogP contribution in [0.2, 0.25) is 5.02 Å². The second-order valence-corrected chi connectivity index (χ2v) is 6.84. The molecule has 4 rings (SSSR count). The molecule has 0 aliphatic rings. The molecule has 0 saturated heterocycles. The van der Waals surface area contributed by atoms with Crippen LogP contribution in [0.1, 0.15) is 28.7 Å². The van der Waals surface area contributed by atoms with E-state index >= 15 is 0 Å². The maximum Gasteiger partial charge on any atom is 0.251 e. The number of fused-ring (bicyclic) bond motifs is 1. The highest BCUT2D eigenvalue weighted by atomic mass is 35.5. The van der Waals surface area contributed by atoms with E-state index in [2.05, 4.69) is 25.6 Å². The molecule has 0 radical (unpaired) electrons. The molecule has 8 heteroatoms. The van der Waals surface area contributed by atoms with Gasteiger partial charge in [-0.1, -0.05) is 29.8 Å². The van der Waals surface area contributed by atoms with Crippen molar-refractivity contribution in [2.45, 2.75) is 13.3 Å². The van der Waals surface area contributed by atoms with Gasteiger partial charge in [-0.2, -0.15) is 10.2 Å². The first-order valence-electron chi connectivity index (χ1n) is 8.96. The van der Waals surface area contributed by atoms with Gasteiger partial charge < -0.3 is 5.32 Å². The number of aryl methyl sites for hydroxylation is 1. The normalized spacial score (nSPS) is 11.1. The number of H-pyrrole nitrogens is 1. The number of nitrogens with zero attached hydrogens (tertiary/aromatic N) is 4. The molecule has 2 aromatic heterocycles. The van der Waals surface area contributed by atoms with E-state index in [0.29, 0.717) is 29.4 Å². The molecule has 0 atom stereocenters. The zero-order valence-electron chi connectivity index (χ0n) is 15.5. The first-order valence-corrected chi connectivity index (χ1v) is 9.33. The number of aromatic amines is 1. The summed E-state index contributed by atoms with van der Waals surface area (Å²) in [5, 5.41) is 15.8. The monoisotopic (exact) mass is 394 g/mol. The van der Waals surface area contributed by atoms with Crippen molar-refractivity contribution in [2.75, 3.05) is 6.54 Å². The predicted molar refractivity (Wildman–Crippen MR) is 108 cm³/mol. The maximum absolute atomic E-state index is 11.9. The number of aromatic nitrogens is 5. The lowest BCUT2D eigenvalue weighted by Gasteiger charge is -2.04. The molecule has 7 nitrogen and oxygen atoms in total. The summed E-state index contributed by atoms with van der Waals surface area (Å²) in [6.07, 6.45) is 2.28. The Labute approximate surface area is 166 Å². The lowest BCUT2D eigenvalue weighted by Crippen LogP contribution is -2.22. The number of amides is 1. The van der Waals surface area contributed by atoms with Crippen LogP contribution in [0.4, 0.5) is 0 Å². The van der Waals surface area contributed by atoms with Gasteiger partial charge in [0.2, 0.25) is 0 Å². The first-order chi connectivity index (χ1) is 13.6. The molecule has 2 heterocycles. The van der Waals surface area contributed by atoms with Gasteiger partial charge in [0.15, 0.2) is 5.82 Å². The molecule has 4 aromatic rings. The van der Waals surface area contributed by atoms with Crippen LogP contribution in [0.5, 0.6) is 0 Å². The third-order valence-electron chi connectivity index (χ3n) is 4.58. The summed E-state index contributed by atoms with van der Waals surface area (Å²) in [5.41, 5.74) is 3.33. The minimum atomic E-state index is -0.0898. The number of benzene rings is 2. The average molecular weight is 395 g/mol. The van der Waals surface area contributed by atoms with E-state index in [1.165, 1.54) is 0 Å². The minimum Gasteiger partial charge on any atom is -0.352 e. The van der Waals surface area contributed by atoms with Crippen molar-refractivity contribution >= 4 is 28.4 Å². The third kappa shape index (κ3) is 3.36. The highest BCUT2D eigenvalue weighted by Gasteiger charge is 2.14. The number of carbonyl (C=O) groups excluding carboxylic acids is 1. The summed E-state index contributed by atoms with van der Waals surface area (Å²) in [5.74, 6) is 1.32. The van der Waals surface area contributed by atoms with E-state index in [9.17, 15) is 4.79 Å². The van der Waals surface area contributed by atoms with Crippen molar-refractivity contribution in [2.24, 2.45) is 7.05 Å². The quantitative estimate of drug-likeness (QED) is 0.543. The number of nitrogens with one attached hydrogen (secondary N) is 2. The molecule has 0 spiro atoms. The molecule has 0 unspecified atom stereocenters. The Morgan fingerprint density at radius 3 is 2.75 bits per heavy atom. The molecular formula is C20H19ClN6O. The molecule has 28 heavy (non-hydrogen) atoms. The molecule has 0 aliphatic heterocycles. The number of hydrogen-bond acceptors (Lipinski definition) is 4. The van der Waals surface area contributed by atoms with Crippen LogP contribution in [0.25, 0.3) is 22.3 Å². The van der Waals surface area contributed by atoms with E-state index in [1.807, 2.05) is 38.2 Å². The number of carbonyl (C=O) groups is 1. The van der Waals surface area contributed by atoms with Crippen molar-refractivity contribution in [3.63, 3.8) is 0 Å². The van der Waals surface area contributed by atoms with E-state index in [0.717, 1.165) is 27.9 Å². The lowest BCUT2D eigenvalue weighted by atomic mass is 10.1. The van der Waals surface area contributed by atoms with Crippen molar-refractivity contribution in [3.8, 4) is 11.4 Å². The summed E-state index contributed by atoms with van der Waals surface area (Å²) in [7, 11) is 1.86. The molecule has 0 bridgehead atoms. The molecule has 142 valence electrons. The second-order valence-electron chi connectivity index (χ2n) is 6.46. The van der Waals surface area contributed by atoms with E-state index < -0.39 is 0 Å². The van der Waals surface area contributed by atoms with Crippen LogP contribution in [0.3, 0.4) is 0 Å². The van der Waals surface area contributed by atoms with Crippen LogP contribution >= 0.6 is 11.6 Å². The van der Waals surface area contributed by atoms with E-state index in [1.54, 1.807) is 23.0 Å². The summed E-state index contributed by atoms with van der Waals surface area (Å²) in [6.45, 7) is 2.49. The van der Waals surface area contributed by atoms with E-state index in [-0.39, 0.29) is 5.91 Å². The van der Waals surface area contributed by atoms with Gasteiger partial charge in [-0.25, -0.2) is 4.98 Å². The van der Waals surface area contributed by atoms with Gasteiger partial charge in [0.1, 0.15) is 5.82 Å².